The van der Waals surface area contributed by atoms with Crippen LogP contribution in [0.15, 0.2) is 127 Å². The van der Waals surface area contributed by atoms with Crippen molar-refractivity contribution in [2.45, 2.75) is 19.6 Å². The van der Waals surface area contributed by atoms with Crippen LogP contribution in [0.5, 0.6) is 0 Å². The number of hydrogen-bond donors (Lipinski definition) is 0. The molecule has 2 heterocycles. The van der Waals surface area contributed by atoms with Crippen molar-refractivity contribution in [2.24, 2.45) is 0 Å². The summed E-state index contributed by atoms with van der Waals surface area (Å²) in [5.41, 5.74) is 6.40. The first-order chi connectivity index (χ1) is 20.0. The first kappa shape index (κ1) is 25.1. The van der Waals surface area contributed by atoms with E-state index in [-0.39, 0.29) is 0 Å². The minimum Gasteiger partial charge on any atom is -0.309 e. The molecule has 0 atom stereocenters. The van der Waals surface area contributed by atoms with E-state index in [1.807, 2.05) is 30.3 Å². The number of para-hydroxylation sites is 2. The standard InChI is InChI=1S/C36H30N4Si/c1-41(2,3)29-21-18-26(19-22-29)35-37-34(25-12-6-4-7-13-25)38-36(39-35)27-20-23-33-31(24-27)30-16-10-11-17-32(30)40(33)28-14-8-5-9-15-28/h4-24H,1-3H3. The van der Waals surface area contributed by atoms with Crippen LogP contribution in [0, 0.1) is 0 Å². The zero-order chi connectivity index (χ0) is 28.0. The van der Waals surface area contributed by atoms with Crippen molar-refractivity contribution in [3.63, 3.8) is 0 Å². The molecular formula is C36H30N4Si. The molecular weight excluding hydrogens is 517 g/mol. The van der Waals surface area contributed by atoms with Crippen LogP contribution in [0.1, 0.15) is 0 Å². The van der Waals surface area contributed by atoms with E-state index < -0.39 is 8.07 Å². The number of fused-ring (bicyclic) bond motifs is 3. The Bertz CT molecular complexity index is 2010. The second-order valence-corrected chi connectivity index (χ2v) is 16.5. The van der Waals surface area contributed by atoms with Gasteiger partial charge in [-0.2, -0.15) is 0 Å². The molecule has 0 N–H and O–H groups in total. The van der Waals surface area contributed by atoms with Gasteiger partial charge in [0.2, 0.25) is 0 Å². The number of aromatic nitrogens is 4. The largest absolute Gasteiger partial charge is 0.309 e. The van der Waals surface area contributed by atoms with Crippen LogP contribution in [-0.2, 0) is 0 Å². The Labute approximate surface area is 241 Å². The Balaban J connectivity index is 1.42. The maximum absolute atomic E-state index is 5.03. The van der Waals surface area contributed by atoms with Gasteiger partial charge in [-0.25, -0.2) is 15.0 Å². The van der Waals surface area contributed by atoms with E-state index >= 15 is 0 Å². The van der Waals surface area contributed by atoms with E-state index in [9.17, 15) is 0 Å². The minimum atomic E-state index is -1.41. The Kier molecular flexibility index (Phi) is 6.09. The number of nitrogens with zero attached hydrogens (tertiary/aromatic N) is 4. The van der Waals surface area contributed by atoms with Gasteiger partial charge in [0.1, 0.15) is 0 Å². The molecule has 5 heteroatoms. The average molecular weight is 547 g/mol. The van der Waals surface area contributed by atoms with Gasteiger partial charge in [0.05, 0.1) is 19.1 Å². The fourth-order valence-corrected chi connectivity index (χ4v) is 6.60. The SMILES string of the molecule is C[Si](C)(C)c1ccc(-c2nc(-c3ccccc3)nc(-c3ccc4c(c3)c3ccccc3n4-c3ccccc3)n2)cc1. The molecule has 0 saturated carbocycles. The van der Waals surface area contributed by atoms with Gasteiger partial charge in [0, 0.05) is 33.2 Å². The fourth-order valence-electron chi connectivity index (χ4n) is 5.44. The van der Waals surface area contributed by atoms with Gasteiger partial charge in [0.15, 0.2) is 17.5 Å². The summed E-state index contributed by atoms with van der Waals surface area (Å²) < 4.78 is 2.32. The lowest BCUT2D eigenvalue weighted by atomic mass is 10.1. The summed E-state index contributed by atoms with van der Waals surface area (Å²) >= 11 is 0. The lowest BCUT2D eigenvalue weighted by Crippen LogP contribution is -2.37. The molecule has 0 radical (unpaired) electrons. The molecule has 0 saturated heterocycles. The van der Waals surface area contributed by atoms with Crippen molar-refractivity contribution in [3.05, 3.63) is 127 Å². The predicted molar refractivity (Wildman–Crippen MR) is 173 cm³/mol. The minimum absolute atomic E-state index is 0.668. The molecule has 2 aromatic heterocycles. The molecule has 0 unspecified atom stereocenters. The zero-order valence-electron chi connectivity index (χ0n) is 23.4. The molecule has 0 spiro atoms. The topological polar surface area (TPSA) is 43.6 Å². The van der Waals surface area contributed by atoms with Crippen molar-refractivity contribution < 1.29 is 0 Å². The van der Waals surface area contributed by atoms with Crippen LogP contribution < -0.4 is 5.19 Å². The number of benzene rings is 5. The molecule has 7 aromatic rings. The molecule has 4 nitrogen and oxygen atoms in total. The van der Waals surface area contributed by atoms with Crippen LogP contribution in [-0.4, -0.2) is 27.6 Å². The van der Waals surface area contributed by atoms with Crippen molar-refractivity contribution in [1.29, 1.82) is 0 Å². The molecule has 7 rings (SSSR count). The monoisotopic (exact) mass is 546 g/mol. The maximum atomic E-state index is 5.03. The van der Waals surface area contributed by atoms with E-state index in [1.165, 1.54) is 21.5 Å². The molecule has 5 aromatic carbocycles. The number of rotatable bonds is 5. The highest BCUT2D eigenvalue weighted by molar-refractivity contribution is 6.88. The van der Waals surface area contributed by atoms with Crippen LogP contribution in [0.2, 0.25) is 19.6 Å². The van der Waals surface area contributed by atoms with Crippen LogP contribution in [0.3, 0.4) is 0 Å². The highest BCUT2D eigenvalue weighted by atomic mass is 28.3. The lowest BCUT2D eigenvalue weighted by molar-refractivity contribution is 1.07. The van der Waals surface area contributed by atoms with E-state index in [0.29, 0.717) is 17.5 Å². The third-order valence-corrected chi connectivity index (χ3v) is 9.69. The zero-order valence-corrected chi connectivity index (χ0v) is 24.4. The van der Waals surface area contributed by atoms with Gasteiger partial charge in [-0.3, -0.25) is 0 Å². The van der Waals surface area contributed by atoms with Gasteiger partial charge in [-0.15, -0.1) is 0 Å². The summed E-state index contributed by atoms with van der Waals surface area (Å²) in [7, 11) is -1.41. The Hall–Kier alpha value is -4.87. The Morgan fingerprint density at radius 3 is 1.63 bits per heavy atom. The van der Waals surface area contributed by atoms with Crippen LogP contribution in [0.4, 0.5) is 0 Å². The maximum Gasteiger partial charge on any atom is 0.164 e. The highest BCUT2D eigenvalue weighted by Gasteiger charge is 2.18. The first-order valence-electron chi connectivity index (χ1n) is 14.0. The molecule has 0 amide bonds. The van der Waals surface area contributed by atoms with E-state index in [0.717, 1.165) is 27.9 Å². The van der Waals surface area contributed by atoms with Crippen LogP contribution in [0.25, 0.3) is 61.7 Å². The molecule has 0 bridgehead atoms. The highest BCUT2D eigenvalue weighted by Crippen LogP contribution is 2.35. The van der Waals surface area contributed by atoms with Crippen LogP contribution >= 0.6 is 0 Å². The Morgan fingerprint density at radius 1 is 0.463 bits per heavy atom. The lowest BCUT2D eigenvalue weighted by Gasteiger charge is -2.16. The summed E-state index contributed by atoms with van der Waals surface area (Å²) in [6.45, 7) is 7.09. The molecule has 41 heavy (non-hydrogen) atoms. The molecule has 0 fully saturated rings. The summed E-state index contributed by atoms with van der Waals surface area (Å²) in [6.07, 6.45) is 0. The van der Waals surface area contributed by atoms with Gasteiger partial charge >= 0.3 is 0 Å². The van der Waals surface area contributed by atoms with Crippen molar-refractivity contribution >= 4 is 35.1 Å². The van der Waals surface area contributed by atoms with Gasteiger partial charge in [-0.05, 0) is 36.4 Å². The van der Waals surface area contributed by atoms with E-state index in [2.05, 4.69) is 121 Å². The van der Waals surface area contributed by atoms with E-state index in [4.69, 9.17) is 15.0 Å². The summed E-state index contributed by atoms with van der Waals surface area (Å²) in [5, 5.41) is 3.79. The fraction of sp³-hybridized carbons (Fsp3) is 0.0833. The first-order valence-corrected chi connectivity index (χ1v) is 17.5. The van der Waals surface area contributed by atoms with Gasteiger partial charge in [0.25, 0.3) is 0 Å². The second kappa shape index (κ2) is 9.95. The van der Waals surface area contributed by atoms with Crippen molar-refractivity contribution in [3.8, 4) is 39.9 Å². The third-order valence-electron chi connectivity index (χ3n) is 7.62. The summed E-state index contributed by atoms with van der Waals surface area (Å²) in [4.78, 5) is 14.9. The number of hydrogen-bond acceptors (Lipinski definition) is 3. The molecule has 0 aliphatic heterocycles. The quantitative estimate of drug-likeness (QED) is 0.203. The van der Waals surface area contributed by atoms with Gasteiger partial charge < -0.3 is 4.57 Å². The Morgan fingerprint density at radius 2 is 0.976 bits per heavy atom. The third kappa shape index (κ3) is 4.64. The second-order valence-electron chi connectivity index (χ2n) is 11.4. The van der Waals surface area contributed by atoms with E-state index in [1.54, 1.807) is 0 Å². The molecule has 0 aliphatic carbocycles. The van der Waals surface area contributed by atoms with Crippen molar-refractivity contribution in [2.75, 3.05) is 0 Å². The smallest absolute Gasteiger partial charge is 0.164 e. The van der Waals surface area contributed by atoms with Crippen molar-refractivity contribution in [1.82, 2.24) is 19.5 Å². The normalized spacial score (nSPS) is 11.8. The summed E-state index contributed by atoms with van der Waals surface area (Å²) in [5.74, 6) is 2.02. The molecule has 0 aliphatic rings. The molecule has 198 valence electrons. The summed E-state index contributed by atoms with van der Waals surface area (Å²) in [6, 6.07) is 44.5. The average Bonchev–Trinajstić information content (AvgIpc) is 3.35. The predicted octanol–water partition coefficient (Wildman–Crippen LogP) is 8.51. The van der Waals surface area contributed by atoms with Gasteiger partial charge in [-0.1, -0.05) is 116 Å².